The third-order valence-electron chi connectivity index (χ3n) is 2.83. The zero-order chi connectivity index (χ0) is 15.4. The van der Waals surface area contributed by atoms with Gasteiger partial charge in [-0.1, -0.05) is 41.4 Å². The number of rotatable bonds is 3. The van der Waals surface area contributed by atoms with Crippen molar-refractivity contribution in [2.24, 2.45) is 0 Å². The van der Waals surface area contributed by atoms with E-state index < -0.39 is 5.97 Å². The van der Waals surface area contributed by atoms with Crippen LogP contribution in [0, 0.1) is 0 Å². The number of esters is 1. The minimum atomic E-state index is -0.738. The lowest BCUT2D eigenvalue weighted by Crippen LogP contribution is -2.19. The van der Waals surface area contributed by atoms with Crippen molar-refractivity contribution in [2.45, 2.75) is 0 Å². The van der Waals surface area contributed by atoms with Crippen molar-refractivity contribution in [3.05, 3.63) is 63.6 Å². The highest BCUT2D eigenvalue weighted by atomic mass is 35.5. The van der Waals surface area contributed by atoms with Crippen molar-refractivity contribution in [2.75, 3.05) is 7.11 Å². The van der Waals surface area contributed by atoms with Gasteiger partial charge in [0.15, 0.2) is 0 Å². The number of halogens is 2. The van der Waals surface area contributed by atoms with Crippen LogP contribution >= 0.6 is 23.2 Å². The normalized spacial score (nSPS) is 9.86. The molecule has 21 heavy (non-hydrogen) atoms. The second-order valence-electron chi connectivity index (χ2n) is 4.14. The number of benzene rings is 2. The van der Waals surface area contributed by atoms with E-state index in [2.05, 4.69) is 9.53 Å². The van der Waals surface area contributed by atoms with Crippen molar-refractivity contribution in [3.8, 4) is 11.1 Å². The molecule has 0 aliphatic rings. The van der Waals surface area contributed by atoms with E-state index in [0.29, 0.717) is 26.7 Å². The molecule has 2 aromatic rings. The molecule has 0 bridgehead atoms. The molecule has 0 saturated heterocycles. The van der Waals surface area contributed by atoms with Crippen LogP contribution < -0.4 is 0 Å². The summed E-state index contributed by atoms with van der Waals surface area (Å²) in [6, 6.07) is 12.0. The summed E-state index contributed by atoms with van der Waals surface area (Å²) in [6.45, 7) is 0. The van der Waals surface area contributed by atoms with Gasteiger partial charge in [0.1, 0.15) is 0 Å². The van der Waals surface area contributed by atoms with Crippen LogP contribution in [0.15, 0.2) is 42.5 Å². The Morgan fingerprint density at radius 1 is 1.14 bits per heavy atom. The van der Waals surface area contributed by atoms with Crippen LogP contribution in [-0.4, -0.2) is 23.6 Å². The number of nitrogens with zero attached hydrogens (tertiary/aromatic N) is 2. The standard InChI is InChI=1S/C15H10Cl2N2O2/c1-21-15(20)14(19-18)13-5-3-2-4-12(13)9-6-10(16)8-11(17)7-9/h2-8H,1H3. The van der Waals surface area contributed by atoms with Crippen LogP contribution in [-0.2, 0) is 9.53 Å². The number of methoxy groups -OCH3 is 1. The first-order valence-corrected chi connectivity index (χ1v) is 6.68. The Bertz CT molecular complexity index is 733. The molecule has 2 rings (SSSR count). The predicted octanol–water partition coefficient (Wildman–Crippen LogP) is 3.85. The van der Waals surface area contributed by atoms with Gasteiger partial charge in [0.25, 0.3) is 0 Å². The van der Waals surface area contributed by atoms with Gasteiger partial charge in [0.05, 0.1) is 12.7 Å². The maximum absolute atomic E-state index is 11.7. The second-order valence-corrected chi connectivity index (χ2v) is 5.02. The molecule has 0 unspecified atom stereocenters. The first-order valence-electron chi connectivity index (χ1n) is 5.93. The third-order valence-corrected chi connectivity index (χ3v) is 3.27. The Kier molecular flexibility index (Phi) is 4.76. The van der Waals surface area contributed by atoms with Gasteiger partial charge in [-0.25, -0.2) is 4.79 Å². The summed E-state index contributed by atoms with van der Waals surface area (Å²) in [6.07, 6.45) is 0. The Morgan fingerprint density at radius 2 is 1.76 bits per heavy atom. The smallest absolute Gasteiger partial charge is 0.422 e. The first-order chi connectivity index (χ1) is 10.1. The summed E-state index contributed by atoms with van der Waals surface area (Å²) in [7, 11) is 1.21. The zero-order valence-corrected chi connectivity index (χ0v) is 12.5. The lowest BCUT2D eigenvalue weighted by atomic mass is 9.96. The van der Waals surface area contributed by atoms with Gasteiger partial charge in [-0.15, -0.1) is 0 Å². The Morgan fingerprint density at radius 3 is 2.33 bits per heavy atom. The molecule has 0 radical (unpaired) electrons. The third kappa shape index (κ3) is 3.31. The quantitative estimate of drug-likeness (QED) is 0.373. The highest BCUT2D eigenvalue weighted by Crippen LogP contribution is 2.29. The summed E-state index contributed by atoms with van der Waals surface area (Å²) in [5, 5.41) is 0.931. The molecule has 2 aromatic carbocycles. The maximum Gasteiger partial charge on any atom is 0.422 e. The fraction of sp³-hybridized carbons (Fsp3) is 0.0667. The molecule has 4 nitrogen and oxygen atoms in total. The summed E-state index contributed by atoms with van der Waals surface area (Å²) in [4.78, 5) is 14.7. The number of ether oxygens (including phenoxy) is 1. The van der Waals surface area contributed by atoms with Crippen LogP contribution in [0.4, 0.5) is 0 Å². The van der Waals surface area contributed by atoms with Crippen LogP contribution in [0.3, 0.4) is 0 Å². The zero-order valence-electron chi connectivity index (χ0n) is 11.0. The lowest BCUT2D eigenvalue weighted by Gasteiger charge is -2.07. The SMILES string of the molecule is COC(=O)C(=[N+]=[N-])c1ccccc1-c1cc(Cl)cc(Cl)c1. The molecule has 0 N–H and O–H groups in total. The van der Waals surface area contributed by atoms with E-state index in [4.69, 9.17) is 28.7 Å². The number of carbonyl (C=O) groups excluding carboxylic acids is 1. The minimum Gasteiger partial charge on any atom is -0.460 e. The molecule has 0 aliphatic heterocycles. The molecular weight excluding hydrogens is 311 g/mol. The molecule has 0 aliphatic carbocycles. The highest BCUT2D eigenvalue weighted by molar-refractivity contribution is 6.42. The van der Waals surface area contributed by atoms with Crippen LogP contribution in [0.25, 0.3) is 16.7 Å². The fourth-order valence-corrected chi connectivity index (χ4v) is 2.48. The van der Waals surface area contributed by atoms with Gasteiger partial charge in [-0.2, -0.15) is 4.79 Å². The van der Waals surface area contributed by atoms with E-state index in [1.807, 2.05) is 0 Å². The molecule has 0 saturated carbocycles. The molecule has 0 atom stereocenters. The van der Waals surface area contributed by atoms with E-state index in [1.165, 1.54) is 7.11 Å². The average Bonchev–Trinajstić information content (AvgIpc) is 2.47. The number of hydrogen-bond acceptors (Lipinski definition) is 2. The lowest BCUT2D eigenvalue weighted by molar-refractivity contribution is -0.137. The predicted molar refractivity (Wildman–Crippen MR) is 81.6 cm³/mol. The number of hydrogen-bond donors (Lipinski definition) is 0. The summed E-state index contributed by atoms with van der Waals surface area (Å²) in [5.74, 6) is -0.738. The monoisotopic (exact) mass is 320 g/mol. The van der Waals surface area contributed by atoms with Crippen LogP contribution in [0.1, 0.15) is 5.56 Å². The topological polar surface area (TPSA) is 62.7 Å². The van der Waals surface area contributed by atoms with Crippen molar-refractivity contribution in [3.63, 3.8) is 0 Å². The fourth-order valence-electron chi connectivity index (χ4n) is 1.95. The van der Waals surface area contributed by atoms with E-state index >= 15 is 0 Å². The van der Waals surface area contributed by atoms with Crippen LogP contribution in [0.2, 0.25) is 10.0 Å². The van der Waals surface area contributed by atoms with Gasteiger partial charge >= 0.3 is 11.7 Å². The molecular formula is C15H10Cl2N2O2. The Labute approximate surface area is 131 Å². The van der Waals surface area contributed by atoms with Gasteiger partial charge in [0.2, 0.25) is 0 Å². The van der Waals surface area contributed by atoms with Gasteiger partial charge in [-0.05, 0) is 35.4 Å². The molecule has 0 heterocycles. The summed E-state index contributed by atoms with van der Waals surface area (Å²) >= 11 is 12.0. The molecule has 6 heteroatoms. The first kappa shape index (κ1) is 15.3. The second kappa shape index (κ2) is 6.55. The molecule has 0 aromatic heterocycles. The van der Waals surface area contributed by atoms with E-state index in [1.54, 1.807) is 42.5 Å². The summed E-state index contributed by atoms with van der Waals surface area (Å²) < 4.78 is 4.61. The molecule has 0 spiro atoms. The summed E-state index contributed by atoms with van der Waals surface area (Å²) in [5.41, 5.74) is 10.7. The van der Waals surface area contributed by atoms with Gasteiger partial charge in [-0.3, -0.25) is 0 Å². The highest BCUT2D eigenvalue weighted by Gasteiger charge is 2.26. The van der Waals surface area contributed by atoms with Crippen molar-refractivity contribution < 1.29 is 14.3 Å². The largest absolute Gasteiger partial charge is 0.460 e. The van der Waals surface area contributed by atoms with Gasteiger partial charge in [0, 0.05) is 10.0 Å². The molecule has 0 fully saturated rings. The van der Waals surface area contributed by atoms with E-state index in [-0.39, 0.29) is 5.71 Å². The molecule has 106 valence electrons. The van der Waals surface area contributed by atoms with Crippen molar-refractivity contribution in [1.82, 2.24) is 0 Å². The molecule has 0 amide bonds. The Hall–Kier alpha value is -2.13. The van der Waals surface area contributed by atoms with Gasteiger partial charge < -0.3 is 10.3 Å². The number of carbonyl (C=O) groups is 1. The average molecular weight is 321 g/mol. The van der Waals surface area contributed by atoms with E-state index in [0.717, 1.165) is 0 Å². The van der Waals surface area contributed by atoms with E-state index in [9.17, 15) is 4.79 Å². The van der Waals surface area contributed by atoms with Crippen LogP contribution in [0.5, 0.6) is 0 Å². The maximum atomic E-state index is 11.7. The van der Waals surface area contributed by atoms with Crippen molar-refractivity contribution >= 4 is 34.9 Å². The van der Waals surface area contributed by atoms with Crippen molar-refractivity contribution in [1.29, 1.82) is 0 Å². The minimum absolute atomic E-state index is 0.191. The Balaban J connectivity index is 2.66.